The number of amides is 3. The van der Waals surface area contributed by atoms with Gasteiger partial charge in [0.25, 0.3) is 17.7 Å². The molecule has 1 N–H and O–H groups in total. The van der Waals surface area contributed by atoms with Crippen molar-refractivity contribution >= 4 is 29.2 Å². The third-order valence-corrected chi connectivity index (χ3v) is 5.26. The second-order valence-corrected chi connectivity index (χ2v) is 7.16. The molecule has 3 heterocycles. The van der Waals surface area contributed by atoms with Crippen molar-refractivity contribution in [2.45, 2.75) is 6.54 Å². The molecular formula is C23H17N5O4. The van der Waals surface area contributed by atoms with Crippen molar-refractivity contribution in [2.24, 2.45) is 0 Å². The van der Waals surface area contributed by atoms with Crippen molar-refractivity contribution in [3.63, 3.8) is 0 Å². The number of benzene rings is 2. The zero-order valence-electron chi connectivity index (χ0n) is 17.0. The third-order valence-electron chi connectivity index (χ3n) is 5.26. The largest absolute Gasteiger partial charge is 0.496 e. The average Bonchev–Trinajstić information content (AvgIpc) is 3.39. The molecule has 2 aromatic heterocycles. The van der Waals surface area contributed by atoms with Crippen LogP contribution in [0, 0.1) is 0 Å². The van der Waals surface area contributed by atoms with Crippen LogP contribution in [0.25, 0.3) is 5.65 Å². The van der Waals surface area contributed by atoms with E-state index in [9.17, 15) is 14.4 Å². The van der Waals surface area contributed by atoms with Crippen LogP contribution in [0.2, 0.25) is 0 Å². The Kier molecular flexibility index (Phi) is 4.63. The normalized spacial score (nSPS) is 12.8. The summed E-state index contributed by atoms with van der Waals surface area (Å²) >= 11 is 0. The molecule has 0 radical (unpaired) electrons. The summed E-state index contributed by atoms with van der Waals surface area (Å²) in [6, 6.07) is 15.0. The molecule has 1 aliphatic rings. The summed E-state index contributed by atoms with van der Waals surface area (Å²) in [6.45, 7) is 0.0370. The second-order valence-electron chi connectivity index (χ2n) is 7.16. The molecule has 5 rings (SSSR count). The number of nitrogens with zero attached hydrogens (tertiary/aromatic N) is 4. The topological polar surface area (TPSA) is 106 Å². The second kappa shape index (κ2) is 7.62. The van der Waals surface area contributed by atoms with Crippen LogP contribution in [0.4, 0.5) is 5.82 Å². The van der Waals surface area contributed by atoms with Gasteiger partial charge >= 0.3 is 0 Å². The molecule has 0 saturated heterocycles. The van der Waals surface area contributed by atoms with Crippen LogP contribution >= 0.6 is 0 Å². The molecule has 0 spiro atoms. The first-order valence-electron chi connectivity index (χ1n) is 9.79. The van der Waals surface area contributed by atoms with E-state index in [0.717, 1.165) is 0 Å². The minimum atomic E-state index is -0.422. The van der Waals surface area contributed by atoms with Crippen molar-refractivity contribution in [1.82, 2.24) is 19.5 Å². The molecule has 0 saturated carbocycles. The van der Waals surface area contributed by atoms with Gasteiger partial charge < -0.3 is 10.1 Å². The number of fused-ring (bicyclic) bond motifs is 2. The summed E-state index contributed by atoms with van der Waals surface area (Å²) in [5.41, 5.74) is 2.23. The molecule has 3 amide bonds. The van der Waals surface area contributed by atoms with Crippen molar-refractivity contribution in [3.05, 3.63) is 89.2 Å². The number of carbonyl (C=O) groups is 3. The van der Waals surface area contributed by atoms with Gasteiger partial charge in [-0.15, -0.1) is 0 Å². The summed E-state index contributed by atoms with van der Waals surface area (Å²) < 4.78 is 6.86. The Hall–Kier alpha value is -4.53. The lowest BCUT2D eigenvalue weighted by Crippen LogP contribution is -2.29. The van der Waals surface area contributed by atoms with Crippen LogP contribution in [0.15, 0.2) is 67.0 Å². The van der Waals surface area contributed by atoms with Crippen LogP contribution < -0.4 is 10.1 Å². The van der Waals surface area contributed by atoms with Gasteiger partial charge in [-0.1, -0.05) is 18.2 Å². The number of methoxy groups -OCH3 is 1. The Morgan fingerprint density at radius 3 is 2.47 bits per heavy atom. The number of nitrogens with one attached hydrogen (secondary N) is 1. The highest BCUT2D eigenvalue weighted by atomic mass is 16.5. The number of imide groups is 1. The number of anilines is 1. The van der Waals surface area contributed by atoms with Gasteiger partial charge in [0.1, 0.15) is 11.6 Å². The van der Waals surface area contributed by atoms with E-state index in [1.54, 1.807) is 67.0 Å². The SMILES string of the molecule is COc1ccc(CN2C(=O)c3ccccc3C2=O)cc1C(=O)Nc1ccnc2ccnn12. The Morgan fingerprint density at radius 2 is 1.75 bits per heavy atom. The Labute approximate surface area is 182 Å². The molecule has 158 valence electrons. The highest BCUT2D eigenvalue weighted by Crippen LogP contribution is 2.27. The Morgan fingerprint density at radius 1 is 1.00 bits per heavy atom. The van der Waals surface area contributed by atoms with E-state index in [1.165, 1.54) is 16.5 Å². The molecule has 4 aromatic rings. The van der Waals surface area contributed by atoms with Crippen LogP contribution in [-0.2, 0) is 6.54 Å². The predicted octanol–water partition coefficient (Wildman–Crippen LogP) is 2.79. The first-order chi connectivity index (χ1) is 15.6. The number of rotatable bonds is 5. The number of hydrogen-bond donors (Lipinski definition) is 1. The van der Waals surface area contributed by atoms with E-state index in [2.05, 4.69) is 15.4 Å². The van der Waals surface area contributed by atoms with Crippen molar-refractivity contribution in [1.29, 1.82) is 0 Å². The lowest BCUT2D eigenvalue weighted by molar-refractivity contribution is 0.0642. The standard InChI is InChI=1S/C23H17N5O4/c1-32-18-7-6-14(13-27-22(30)15-4-2-3-5-16(15)23(27)31)12-17(18)21(29)26-20-8-10-24-19-9-11-25-28(19)20/h2-12H,13H2,1H3,(H,26,29). The monoisotopic (exact) mass is 427 g/mol. The summed E-state index contributed by atoms with van der Waals surface area (Å²) in [5.74, 6) is -0.332. The van der Waals surface area contributed by atoms with Gasteiger partial charge in [0.05, 0.1) is 36.5 Å². The fourth-order valence-corrected chi connectivity index (χ4v) is 3.71. The van der Waals surface area contributed by atoms with E-state index < -0.39 is 5.91 Å². The van der Waals surface area contributed by atoms with Gasteiger partial charge in [0.15, 0.2) is 5.65 Å². The van der Waals surface area contributed by atoms with E-state index >= 15 is 0 Å². The number of aromatic nitrogens is 3. The number of carbonyl (C=O) groups excluding carboxylic acids is 3. The quantitative estimate of drug-likeness (QED) is 0.491. The maximum absolute atomic E-state index is 13.1. The number of ether oxygens (including phenoxy) is 1. The van der Waals surface area contributed by atoms with Gasteiger partial charge in [-0.3, -0.25) is 19.3 Å². The molecule has 0 atom stereocenters. The van der Waals surface area contributed by atoms with Crippen molar-refractivity contribution < 1.29 is 19.1 Å². The first-order valence-corrected chi connectivity index (χ1v) is 9.79. The minimum Gasteiger partial charge on any atom is -0.496 e. The summed E-state index contributed by atoms with van der Waals surface area (Å²) in [5, 5.41) is 6.97. The lowest BCUT2D eigenvalue weighted by Gasteiger charge is -2.16. The Bertz CT molecular complexity index is 1360. The van der Waals surface area contributed by atoms with Crippen LogP contribution in [0.3, 0.4) is 0 Å². The highest BCUT2D eigenvalue weighted by molar-refractivity contribution is 6.21. The maximum Gasteiger partial charge on any atom is 0.261 e. The molecule has 0 fully saturated rings. The zero-order chi connectivity index (χ0) is 22.2. The molecule has 9 nitrogen and oxygen atoms in total. The summed E-state index contributed by atoms with van der Waals surface area (Å²) in [7, 11) is 1.47. The average molecular weight is 427 g/mol. The van der Waals surface area contributed by atoms with Gasteiger partial charge in [-0.25, -0.2) is 4.98 Å². The zero-order valence-corrected chi connectivity index (χ0v) is 17.0. The van der Waals surface area contributed by atoms with Crippen molar-refractivity contribution in [2.75, 3.05) is 12.4 Å². The van der Waals surface area contributed by atoms with E-state index in [-0.39, 0.29) is 23.9 Å². The van der Waals surface area contributed by atoms with E-state index in [4.69, 9.17) is 4.74 Å². The molecule has 2 aromatic carbocycles. The smallest absolute Gasteiger partial charge is 0.261 e. The molecule has 0 unspecified atom stereocenters. The van der Waals surface area contributed by atoms with Crippen LogP contribution in [-0.4, -0.2) is 44.3 Å². The summed E-state index contributed by atoms with van der Waals surface area (Å²) in [4.78, 5) is 43.8. The van der Waals surface area contributed by atoms with Crippen molar-refractivity contribution in [3.8, 4) is 5.75 Å². The minimum absolute atomic E-state index is 0.0370. The lowest BCUT2D eigenvalue weighted by atomic mass is 10.1. The predicted molar refractivity (Wildman–Crippen MR) is 115 cm³/mol. The molecule has 9 heteroatoms. The fourth-order valence-electron chi connectivity index (χ4n) is 3.71. The third kappa shape index (κ3) is 3.16. The molecule has 0 bridgehead atoms. The summed E-state index contributed by atoms with van der Waals surface area (Å²) in [6.07, 6.45) is 3.16. The van der Waals surface area contributed by atoms with E-state index in [0.29, 0.717) is 33.9 Å². The van der Waals surface area contributed by atoms with Gasteiger partial charge in [-0.05, 0) is 35.9 Å². The molecule has 0 aliphatic carbocycles. The van der Waals surface area contributed by atoms with Gasteiger partial charge in [-0.2, -0.15) is 9.61 Å². The molecule has 32 heavy (non-hydrogen) atoms. The van der Waals surface area contributed by atoms with Gasteiger partial charge in [0, 0.05) is 12.3 Å². The fraction of sp³-hybridized carbons (Fsp3) is 0.0870. The van der Waals surface area contributed by atoms with E-state index in [1.807, 2.05) is 0 Å². The highest BCUT2D eigenvalue weighted by Gasteiger charge is 2.35. The van der Waals surface area contributed by atoms with Crippen LogP contribution in [0.5, 0.6) is 5.75 Å². The first kappa shape index (κ1) is 19.4. The number of hydrogen-bond acceptors (Lipinski definition) is 6. The van der Waals surface area contributed by atoms with Gasteiger partial charge in [0.2, 0.25) is 0 Å². The Balaban J connectivity index is 1.43. The van der Waals surface area contributed by atoms with Crippen LogP contribution in [0.1, 0.15) is 36.6 Å². The maximum atomic E-state index is 13.1. The molecular weight excluding hydrogens is 410 g/mol. The molecule has 1 aliphatic heterocycles.